The van der Waals surface area contributed by atoms with Gasteiger partial charge >= 0.3 is 0 Å². The highest BCUT2D eigenvalue weighted by atomic mass is 16.3. The number of carbonyl (C=O) groups excluding carboxylic acids is 1. The molecule has 0 bridgehead atoms. The number of hydrogen-bond acceptors (Lipinski definition) is 4. The van der Waals surface area contributed by atoms with Gasteiger partial charge in [0.25, 0.3) is 0 Å². The number of aromatic hydroxyl groups is 1. The first-order valence-corrected chi connectivity index (χ1v) is 8.02. The number of para-hydroxylation sites is 1. The third kappa shape index (κ3) is 2.50. The summed E-state index contributed by atoms with van der Waals surface area (Å²) < 4.78 is 0. The predicted octanol–water partition coefficient (Wildman–Crippen LogP) is 2.67. The summed E-state index contributed by atoms with van der Waals surface area (Å²) in [6, 6.07) is 11.1. The van der Waals surface area contributed by atoms with Gasteiger partial charge in [0.1, 0.15) is 5.75 Å². The Morgan fingerprint density at radius 2 is 2.12 bits per heavy atom. The number of hydrogen-bond donors (Lipinski definition) is 2. The number of aromatic nitrogens is 3. The molecule has 1 amide bonds. The summed E-state index contributed by atoms with van der Waals surface area (Å²) in [4.78, 5) is 16.7. The molecule has 24 heavy (non-hydrogen) atoms. The first-order chi connectivity index (χ1) is 11.6. The Bertz CT molecular complexity index is 918. The fraction of sp³-hybridized carbons (Fsp3) is 0.278. The van der Waals surface area contributed by atoms with Gasteiger partial charge in [-0.3, -0.25) is 4.79 Å². The Balaban J connectivity index is 1.67. The molecule has 1 atom stereocenters. The first-order valence-electron chi connectivity index (χ1n) is 8.02. The fourth-order valence-electron chi connectivity index (χ4n) is 3.30. The molecule has 6 heteroatoms. The second-order valence-electron chi connectivity index (χ2n) is 6.23. The molecule has 0 spiro atoms. The van der Waals surface area contributed by atoms with Gasteiger partial charge in [-0.25, -0.2) is 0 Å². The number of fused-ring (bicyclic) bond motifs is 1. The minimum Gasteiger partial charge on any atom is -0.507 e. The van der Waals surface area contributed by atoms with Crippen molar-refractivity contribution >= 4 is 16.9 Å². The van der Waals surface area contributed by atoms with Gasteiger partial charge in [0.05, 0.1) is 5.69 Å². The second-order valence-corrected chi connectivity index (χ2v) is 6.23. The summed E-state index contributed by atoms with van der Waals surface area (Å²) in [5.41, 5.74) is 3.11. The highest BCUT2D eigenvalue weighted by Gasteiger charge is 2.26. The lowest BCUT2D eigenvalue weighted by molar-refractivity contribution is -0.127. The van der Waals surface area contributed by atoms with Crippen molar-refractivity contribution in [1.82, 2.24) is 20.1 Å². The van der Waals surface area contributed by atoms with Gasteiger partial charge in [-0.15, -0.1) is 10.2 Å². The van der Waals surface area contributed by atoms with Gasteiger partial charge in [-0.1, -0.05) is 12.1 Å². The Labute approximate surface area is 139 Å². The van der Waals surface area contributed by atoms with E-state index in [4.69, 9.17) is 0 Å². The van der Waals surface area contributed by atoms with Crippen LogP contribution in [0.4, 0.5) is 0 Å². The van der Waals surface area contributed by atoms with Crippen molar-refractivity contribution in [2.75, 3.05) is 13.1 Å². The summed E-state index contributed by atoms with van der Waals surface area (Å²) >= 11 is 0. The predicted molar refractivity (Wildman–Crippen MR) is 90.6 cm³/mol. The van der Waals surface area contributed by atoms with Gasteiger partial charge in [0.15, 0.2) is 5.65 Å². The number of phenolic OH excluding ortho intramolecular Hbond substituents is 1. The number of phenols is 1. The molecule has 0 aliphatic carbocycles. The molecule has 0 radical (unpaired) electrons. The fourth-order valence-corrected chi connectivity index (χ4v) is 3.30. The minimum absolute atomic E-state index is 0.121. The van der Waals surface area contributed by atoms with Crippen LogP contribution in [0.25, 0.3) is 22.3 Å². The smallest absolute Gasteiger partial charge is 0.219 e. The van der Waals surface area contributed by atoms with Crippen molar-refractivity contribution < 1.29 is 9.90 Å². The van der Waals surface area contributed by atoms with E-state index in [0.717, 1.165) is 36.2 Å². The van der Waals surface area contributed by atoms with Gasteiger partial charge < -0.3 is 15.0 Å². The van der Waals surface area contributed by atoms with E-state index in [1.807, 2.05) is 23.1 Å². The zero-order chi connectivity index (χ0) is 16.7. The van der Waals surface area contributed by atoms with Crippen LogP contribution in [0.1, 0.15) is 25.0 Å². The minimum atomic E-state index is 0.121. The molecule has 1 aromatic carbocycles. The number of benzene rings is 1. The number of likely N-dealkylation sites (tertiary alicyclic amines) is 1. The van der Waals surface area contributed by atoms with Crippen molar-refractivity contribution in [2.24, 2.45) is 0 Å². The molecule has 1 unspecified atom stereocenters. The Hall–Kier alpha value is -2.89. The highest BCUT2D eigenvalue weighted by molar-refractivity contribution is 5.82. The number of aromatic amines is 1. The van der Waals surface area contributed by atoms with Gasteiger partial charge in [-0.05, 0) is 30.7 Å². The Morgan fingerprint density at radius 1 is 1.29 bits per heavy atom. The van der Waals surface area contributed by atoms with Crippen molar-refractivity contribution in [3.05, 3.63) is 42.1 Å². The summed E-state index contributed by atoms with van der Waals surface area (Å²) in [5.74, 6) is 0.613. The molecular formula is C18H18N4O2. The zero-order valence-electron chi connectivity index (χ0n) is 13.4. The average molecular weight is 322 g/mol. The Morgan fingerprint density at radius 3 is 2.88 bits per heavy atom. The maximum Gasteiger partial charge on any atom is 0.219 e. The third-order valence-corrected chi connectivity index (χ3v) is 4.65. The van der Waals surface area contributed by atoms with Crippen molar-refractivity contribution in [3.63, 3.8) is 0 Å². The monoisotopic (exact) mass is 322 g/mol. The van der Waals surface area contributed by atoms with Crippen LogP contribution in [0.15, 0.2) is 36.4 Å². The molecule has 2 aromatic heterocycles. The van der Waals surface area contributed by atoms with Crippen LogP contribution in [0, 0.1) is 0 Å². The number of H-pyrrole nitrogens is 1. The van der Waals surface area contributed by atoms with E-state index in [0.29, 0.717) is 17.2 Å². The molecule has 3 aromatic rings. The maximum atomic E-state index is 11.5. The van der Waals surface area contributed by atoms with E-state index in [2.05, 4.69) is 21.2 Å². The van der Waals surface area contributed by atoms with Gasteiger partial charge in [0, 0.05) is 42.6 Å². The van der Waals surface area contributed by atoms with Crippen LogP contribution in [0.2, 0.25) is 0 Å². The van der Waals surface area contributed by atoms with Gasteiger partial charge in [0.2, 0.25) is 5.91 Å². The van der Waals surface area contributed by atoms with E-state index in [9.17, 15) is 9.90 Å². The lowest BCUT2D eigenvalue weighted by atomic mass is 10.0. The summed E-state index contributed by atoms with van der Waals surface area (Å²) in [6.07, 6.45) is 0.951. The largest absolute Gasteiger partial charge is 0.507 e. The van der Waals surface area contributed by atoms with E-state index in [1.54, 1.807) is 19.1 Å². The van der Waals surface area contributed by atoms with E-state index < -0.39 is 0 Å². The standard InChI is InChI=1S/C18H18N4O2/c1-11(23)22-7-6-12(10-22)15-8-13-9-16(20-21-18(13)19-15)14-4-2-3-5-17(14)24/h2-5,8-9,12,24H,6-7,10H2,1H3,(H,19,21). The molecule has 1 saturated heterocycles. The zero-order valence-corrected chi connectivity index (χ0v) is 13.4. The molecule has 1 aliphatic heterocycles. The number of rotatable bonds is 2. The lowest BCUT2D eigenvalue weighted by Crippen LogP contribution is -2.25. The molecule has 6 nitrogen and oxygen atoms in total. The molecule has 1 aliphatic rings. The van der Waals surface area contributed by atoms with Crippen molar-refractivity contribution in [2.45, 2.75) is 19.3 Å². The highest BCUT2D eigenvalue weighted by Crippen LogP contribution is 2.31. The van der Waals surface area contributed by atoms with Crippen LogP contribution in [0.5, 0.6) is 5.75 Å². The van der Waals surface area contributed by atoms with Gasteiger partial charge in [-0.2, -0.15) is 0 Å². The van der Waals surface area contributed by atoms with Crippen LogP contribution >= 0.6 is 0 Å². The first kappa shape index (κ1) is 14.7. The summed E-state index contributed by atoms with van der Waals surface area (Å²) in [5, 5.41) is 19.4. The van der Waals surface area contributed by atoms with Crippen molar-refractivity contribution in [3.8, 4) is 17.0 Å². The lowest BCUT2D eigenvalue weighted by Gasteiger charge is -2.12. The normalized spacial score (nSPS) is 17.5. The van der Waals surface area contributed by atoms with E-state index in [-0.39, 0.29) is 11.7 Å². The average Bonchev–Trinajstić information content (AvgIpc) is 3.21. The number of carbonyl (C=O) groups is 1. The molecule has 0 saturated carbocycles. The molecular weight excluding hydrogens is 304 g/mol. The van der Waals surface area contributed by atoms with Crippen LogP contribution in [-0.4, -0.2) is 44.2 Å². The molecule has 1 fully saturated rings. The summed E-state index contributed by atoms with van der Waals surface area (Å²) in [7, 11) is 0. The molecule has 2 N–H and O–H groups in total. The van der Waals surface area contributed by atoms with Crippen LogP contribution < -0.4 is 0 Å². The SMILES string of the molecule is CC(=O)N1CCC(c2cc3cc(-c4ccccc4O)nnc3[nH]2)C1. The van der Waals surface area contributed by atoms with Crippen molar-refractivity contribution in [1.29, 1.82) is 0 Å². The van der Waals surface area contributed by atoms with Crippen LogP contribution in [-0.2, 0) is 4.79 Å². The molecule has 4 rings (SSSR count). The number of nitrogens with one attached hydrogen (secondary N) is 1. The van der Waals surface area contributed by atoms with Crippen LogP contribution in [0.3, 0.4) is 0 Å². The summed E-state index contributed by atoms with van der Waals surface area (Å²) in [6.45, 7) is 3.14. The Kier molecular flexibility index (Phi) is 3.45. The quantitative estimate of drug-likeness (QED) is 0.760. The second kappa shape index (κ2) is 5.63. The number of nitrogens with zero attached hydrogens (tertiary/aromatic N) is 3. The maximum absolute atomic E-state index is 11.5. The van der Waals surface area contributed by atoms with E-state index >= 15 is 0 Å². The molecule has 122 valence electrons. The third-order valence-electron chi connectivity index (χ3n) is 4.65. The topological polar surface area (TPSA) is 82.1 Å². The van der Waals surface area contributed by atoms with E-state index in [1.165, 1.54) is 0 Å². The number of amides is 1. The molecule has 3 heterocycles.